The Kier molecular flexibility index (Phi) is 4.81. The summed E-state index contributed by atoms with van der Waals surface area (Å²) in [6.45, 7) is 0.454. The van der Waals surface area contributed by atoms with E-state index in [-0.39, 0.29) is 10.0 Å². The minimum Gasteiger partial charge on any atom is -0.389 e. The predicted octanol–water partition coefficient (Wildman–Crippen LogP) is 4.38. The van der Waals surface area contributed by atoms with Crippen LogP contribution in [-0.4, -0.2) is 4.99 Å². The second-order valence-corrected chi connectivity index (χ2v) is 5.44. The predicted molar refractivity (Wildman–Crippen MR) is 86.1 cm³/mol. The molecule has 0 saturated heterocycles. The highest BCUT2D eigenvalue weighted by atomic mass is 35.5. The highest BCUT2D eigenvalue weighted by Gasteiger charge is 2.07. The largest absolute Gasteiger partial charge is 0.389 e. The number of thiocarbonyl (C=S) groups is 1. The number of benzene rings is 2. The lowest BCUT2D eigenvalue weighted by molar-refractivity contribution is 0.627. The molecule has 0 amide bonds. The normalized spacial score (nSPS) is 10.3. The summed E-state index contributed by atoms with van der Waals surface area (Å²) in [5, 5.41) is 3.83. The Hall–Kier alpha value is -1.36. The minimum atomic E-state index is -0.443. The lowest BCUT2D eigenvalue weighted by Gasteiger charge is -2.12. The Labute approximate surface area is 131 Å². The van der Waals surface area contributed by atoms with Crippen LogP contribution in [0.3, 0.4) is 0 Å². The maximum Gasteiger partial charge on any atom is 0.141 e. The second kappa shape index (κ2) is 6.39. The van der Waals surface area contributed by atoms with Gasteiger partial charge < -0.3 is 11.1 Å². The molecule has 0 unspecified atom stereocenters. The highest BCUT2D eigenvalue weighted by molar-refractivity contribution is 7.80. The average Bonchev–Trinajstić information content (AvgIpc) is 2.40. The molecule has 6 heteroatoms. The van der Waals surface area contributed by atoms with Crippen molar-refractivity contribution < 1.29 is 4.39 Å². The first-order valence-corrected chi connectivity index (χ1v) is 6.91. The van der Waals surface area contributed by atoms with Crippen LogP contribution in [0.15, 0.2) is 36.4 Å². The molecule has 3 N–H and O–H groups in total. The first-order chi connectivity index (χ1) is 9.47. The fraction of sp³-hybridized carbons (Fsp3) is 0.0714. The fourth-order valence-electron chi connectivity index (χ4n) is 1.72. The Morgan fingerprint density at radius 3 is 2.60 bits per heavy atom. The zero-order valence-corrected chi connectivity index (χ0v) is 12.6. The van der Waals surface area contributed by atoms with Crippen molar-refractivity contribution in [2.75, 3.05) is 5.32 Å². The van der Waals surface area contributed by atoms with E-state index in [0.29, 0.717) is 17.1 Å². The zero-order valence-electron chi connectivity index (χ0n) is 10.3. The van der Waals surface area contributed by atoms with E-state index in [1.54, 1.807) is 30.3 Å². The van der Waals surface area contributed by atoms with Gasteiger partial charge in [0.2, 0.25) is 0 Å². The molecule has 2 aromatic carbocycles. The quantitative estimate of drug-likeness (QED) is 0.818. The molecule has 0 aliphatic heterocycles. The molecule has 0 radical (unpaired) electrons. The summed E-state index contributed by atoms with van der Waals surface area (Å²) >= 11 is 16.7. The van der Waals surface area contributed by atoms with Crippen LogP contribution in [0.2, 0.25) is 10.0 Å². The molecule has 0 bridgehead atoms. The molecule has 0 aliphatic rings. The van der Waals surface area contributed by atoms with Gasteiger partial charge in [-0.05, 0) is 35.9 Å². The fourth-order valence-corrected chi connectivity index (χ4v) is 2.28. The van der Waals surface area contributed by atoms with E-state index in [1.807, 2.05) is 0 Å². The first-order valence-electron chi connectivity index (χ1n) is 5.74. The van der Waals surface area contributed by atoms with Crippen LogP contribution < -0.4 is 11.1 Å². The third-order valence-electron chi connectivity index (χ3n) is 2.71. The van der Waals surface area contributed by atoms with Crippen molar-refractivity contribution >= 4 is 46.1 Å². The van der Waals surface area contributed by atoms with E-state index in [1.165, 1.54) is 6.07 Å². The summed E-state index contributed by atoms with van der Waals surface area (Å²) in [6.07, 6.45) is 0. The van der Waals surface area contributed by atoms with Gasteiger partial charge >= 0.3 is 0 Å². The molecule has 0 fully saturated rings. The summed E-state index contributed by atoms with van der Waals surface area (Å²) in [4.78, 5) is 0.279. The molecular weight excluding hydrogens is 318 g/mol. The van der Waals surface area contributed by atoms with E-state index >= 15 is 0 Å². The molecule has 0 spiro atoms. The van der Waals surface area contributed by atoms with Gasteiger partial charge in [-0.3, -0.25) is 0 Å². The Balaban J connectivity index is 2.20. The standard InChI is InChI=1S/C14H11Cl2FN2S/c15-9-2-3-10(14(18)20)13(6-9)19-7-8-1-4-12(17)11(16)5-8/h1-6,19H,7H2,(H2,18,20). The van der Waals surface area contributed by atoms with Gasteiger partial charge in [-0.1, -0.05) is 41.5 Å². The van der Waals surface area contributed by atoms with Gasteiger partial charge in [-0.25, -0.2) is 4.39 Å². The SMILES string of the molecule is NC(=S)c1ccc(Cl)cc1NCc1ccc(F)c(Cl)c1. The summed E-state index contributed by atoms with van der Waals surface area (Å²) in [6, 6.07) is 9.75. The topological polar surface area (TPSA) is 38.0 Å². The molecule has 0 aromatic heterocycles. The first kappa shape index (κ1) is 15.0. The molecule has 0 saturated carbocycles. The molecule has 0 heterocycles. The third-order valence-corrected chi connectivity index (χ3v) is 3.46. The lowest BCUT2D eigenvalue weighted by atomic mass is 10.1. The van der Waals surface area contributed by atoms with Crippen molar-refractivity contribution in [2.24, 2.45) is 5.73 Å². The van der Waals surface area contributed by atoms with Gasteiger partial charge in [0.1, 0.15) is 10.8 Å². The number of hydrogen-bond donors (Lipinski definition) is 2. The van der Waals surface area contributed by atoms with E-state index in [2.05, 4.69) is 5.32 Å². The maximum absolute atomic E-state index is 13.1. The number of rotatable bonds is 4. The lowest BCUT2D eigenvalue weighted by Crippen LogP contribution is -2.13. The summed E-state index contributed by atoms with van der Waals surface area (Å²) in [5.41, 5.74) is 7.93. The number of hydrogen-bond acceptors (Lipinski definition) is 2. The molecule has 2 nitrogen and oxygen atoms in total. The molecule has 104 valence electrons. The molecule has 2 rings (SSSR count). The molecule has 2 aromatic rings. The maximum atomic E-state index is 13.1. The zero-order chi connectivity index (χ0) is 14.7. The summed E-state index contributed by atoms with van der Waals surface area (Å²) in [5.74, 6) is -0.443. The van der Waals surface area contributed by atoms with Crippen LogP contribution in [0.25, 0.3) is 0 Å². The minimum absolute atomic E-state index is 0.0879. The monoisotopic (exact) mass is 328 g/mol. The number of nitrogens with one attached hydrogen (secondary N) is 1. The van der Waals surface area contributed by atoms with E-state index in [0.717, 1.165) is 11.3 Å². The van der Waals surface area contributed by atoms with E-state index < -0.39 is 5.82 Å². The van der Waals surface area contributed by atoms with Crippen molar-refractivity contribution in [3.05, 3.63) is 63.4 Å². The van der Waals surface area contributed by atoms with Crippen LogP contribution in [0, 0.1) is 5.82 Å². The van der Waals surface area contributed by atoms with Crippen molar-refractivity contribution in [1.82, 2.24) is 0 Å². The van der Waals surface area contributed by atoms with Gasteiger partial charge in [-0.2, -0.15) is 0 Å². The molecular formula is C14H11Cl2FN2S. The van der Waals surface area contributed by atoms with Crippen molar-refractivity contribution in [1.29, 1.82) is 0 Å². The number of nitrogens with two attached hydrogens (primary N) is 1. The number of anilines is 1. The van der Waals surface area contributed by atoms with Crippen LogP contribution in [-0.2, 0) is 6.54 Å². The van der Waals surface area contributed by atoms with Gasteiger partial charge in [0.15, 0.2) is 0 Å². The van der Waals surface area contributed by atoms with Crippen LogP contribution in [0.5, 0.6) is 0 Å². The van der Waals surface area contributed by atoms with Crippen LogP contribution >= 0.6 is 35.4 Å². The van der Waals surface area contributed by atoms with Crippen molar-refractivity contribution in [2.45, 2.75) is 6.54 Å². The Morgan fingerprint density at radius 2 is 1.95 bits per heavy atom. The second-order valence-electron chi connectivity index (χ2n) is 4.16. The van der Waals surface area contributed by atoms with Crippen LogP contribution in [0.1, 0.15) is 11.1 Å². The van der Waals surface area contributed by atoms with Crippen LogP contribution in [0.4, 0.5) is 10.1 Å². The smallest absolute Gasteiger partial charge is 0.141 e. The van der Waals surface area contributed by atoms with Gasteiger partial charge in [0, 0.05) is 22.8 Å². The van der Waals surface area contributed by atoms with Gasteiger partial charge in [0.25, 0.3) is 0 Å². The Morgan fingerprint density at radius 1 is 1.20 bits per heavy atom. The van der Waals surface area contributed by atoms with Crippen molar-refractivity contribution in [3.63, 3.8) is 0 Å². The van der Waals surface area contributed by atoms with Gasteiger partial charge in [0.05, 0.1) is 5.02 Å². The Bertz CT molecular complexity index is 662. The summed E-state index contributed by atoms with van der Waals surface area (Å²) in [7, 11) is 0. The van der Waals surface area contributed by atoms with E-state index in [4.69, 9.17) is 41.2 Å². The average molecular weight is 329 g/mol. The molecule has 0 atom stereocenters. The molecule has 0 aliphatic carbocycles. The van der Waals surface area contributed by atoms with Gasteiger partial charge in [-0.15, -0.1) is 0 Å². The molecule has 20 heavy (non-hydrogen) atoms. The van der Waals surface area contributed by atoms with E-state index in [9.17, 15) is 4.39 Å². The third kappa shape index (κ3) is 3.60. The highest BCUT2D eigenvalue weighted by Crippen LogP contribution is 2.22. The summed E-state index contributed by atoms with van der Waals surface area (Å²) < 4.78 is 13.1. The number of halogens is 3. The van der Waals surface area contributed by atoms with Crippen molar-refractivity contribution in [3.8, 4) is 0 Å².